The number of allylic oxidation sites excluding steroid dienone is 1. The van der Waals surface area contributed by atoms with Gasteiger partial charge in [-0.15, -0.1) is 0 Å². The minimum atomic E-state index is -0.830. The summed E-state index contributed by atoms with van der Waals surface area (Å²) in [4.78, 5) is 32.4. The lowest BCUT2D eigenvalue weighted by atomic mass is 9.95. The van der Waals surface area contributed by atoms with E-state index in [1.165, 1.54) is 37.2 Å². The number of carbonyl (C=O) groups excluding carboxylic acids is 1. The molecular formula is C29H30I2N2O7S. The predicted molar refractivity (Wildman–Crippen MR) is 174 cm³/mol. The maximum atomic E-state index is 14.0. The molecule has 2 heterocycles. The molecule has 0 amide bonds. The Balaban J connectivity index is 1.97. The number of nitrogens with zero attached hydrogens (tertiary/aromatic N) is 2. The van der Waals surface area contributed by atoms with Crippen LogP contribution in [0.3, 0.4) is 0 Å². The summed E-state index contributed by atoms with van der Waals surface area (Å²) in [5, 5.41) is 0. The third-order valence-electron chi connectivity index (χ3n) is 6.19. The number of aromatic nitrogens is 1. The van der Waals surface area contributed by atoms with E-state index in [-0.39, 0.29) is 23.8 Å². The predicted octanol–water partition coefficient (Wildman–Crippen LogP) is 4.82. The molecule has 1 aliphatic rings. The Hall–Kier alpha value is -2.59. The van der Waals surface area contributed by atoms with Crippen molar-refractivity contribution in [3.8, 4) is 23.0 Å². The molecule has 3 aromatic rings. The van der Waals surface area contributed by atoms with Gasteiger partial charge in [0.2, 0.25) is 5.75 Å². The Labute approximate surface area is 269 Å². The van der Waals surface area contributed by atoms with E-state index in [9.17, 15) is 9.59 Å². The number of esters is 1. The van der Waals surface area contributed by atoms with Crippen molar-refractivity contribution >= 4 is 68.6 Å². The molecule has 0 radical (unpaired) electrons. The topological polar surface area (TPSA) is 97.6 Å². The van der Waals surface area contributed by atoms with Gasteiger partial charge in [0.25, 0.3) is 5.56 Å². The molecule has 0 unspecified atom stereocenters. The molecule has 0 saturated heterocycles. The van der Waals surface area contributed by atoms with Gasteiger partial charge in [0.15, 0.2) is 16.3 Å². The molecule has 0 fully saturated rings. The molecule has 41 heavy (non-hydrogen) atoms. The average Bonchev–Trinajstić information content (AvgIpc) is 3.22. The number of carbonyl (C=O) groups is 1. The van der Waals surface area contributed by atoms with Crippen LogP contribution in [0.4, 0.5) is 0 Å². The zero-order valence-corrected chi connectivity index (χ0v) is 28.8. The molecular weight excluding hydrogens is 774 g/mol. The van der Waals surface area contributed by atoms with Gasteiger partial charge in [-0.2, -0.15) is 0 Å². The first-order chi connectivity index (χ1) is 19.5. The van der Waals surface area contributed by atoms with E-state index >= 15 is 0 Å². The third kappa shape index (κ3) is 6.28. The number of thiazole rings is 1. The molecule has 0 bridgehead atoms. The highest BCUT2D eigenvalue weighted by molar-refractivity contribution is 14.1. The number of methoxy groups -OCH3 is 3. The van der Waals surface area contributed by atoms with E-state index in [1.54, 1.807) is 26.0 Å². The SMILES string of the molecule is CCOC(=O)C1=C(C)N=c2s/c(=C\c3cc(I)c(OC(C)C)c(I)c3)c(=O)n2[C@H]1c1cc(OC)c(OC)c(OC)c1. The van der Waals surface area contributed by atoms with Crippen LogP contribution >= 0.6 is 56.5 Å². The van der Waals surface area contributed by atoms with Crippen LogP contribution in [-0.4, -0.2) is 44.6 Å². The minimum absolute atomic E-state index is 0.0404. The lowest BCUT2D eigenvalue weighted by molar-refractivity contribution is -0.139. The summed E-state index contributed by atoms with van der Waals surface area (Å²) in [6, 6.07) is 6.59. The molecule has 0 spiro atoms. The van der Waals surface area contributed by atoms with Gasteiger partial charge in [-0.25, -0.2) is 9.79 Å². The maximum Gasteiger partial charge on any atom is 0.338 e. The first-order valence-corrected chi connectivity index (χ1v) is 15.7. The Morgan fingerprint density at radius 1 is 1.05 bits per heavy atom. The summed E-state index contributed by atoms with van der Waals surface area (Å²) in [5.41, 5.74) is 1.89. The number of halogens is 2. The number of fused-ring (bicyclic) bond motifs is 1. The van der Waals surface area contributed by atoms with Crippen LogP contribution in [0.5, 0.6) is 23.0 Å². The zero-order valence-electron chi connectivity index (χ0n) is 23.7. The summed E-state index contributed by atoms with van der Waals surface area (Å²) < 4.78 is 31.9. The molecule has 0 saturated carbocycles. The van der Waals surface area contributed by atoms with E-state index < -0.39 is 12.0 Å². The van der Waals surface area contributed by atoms with Gasteiger partial charge in [-0.1, -0.05) is 11.3 Å². The highest BCUT2D eigenvalue weighted by Crippen LogP contribution is 2.42. The van der Waals surface area contributed by atoms with Gasteiger partial charge in [-0.3, -0.25) is 9.36 Å². The average molecular weight is 804 g/mol. The molecule has 2 aromatic carbocycles. The van der Waals surface area contributed by atoms with Crippen molar-refractivity contribution in [2.45, 2.75) is 39.8 Å². The maximum absolute atomic E-state index is 14.0. The van der Waals surface area contributed by atoms with Crippen molar-refractivity contribution in [1.82, 2.24) is 4.57 Å². The second kappa shape index (κ2) is 13.2. The summed E-state index contributed by atoms with van der Waals surface area (Å²) in [6.45, 7) is 7.62. The largest absolute Gasteiger partial charge is 0.493 e. The smallest absolute Gasteiger partial charge is 0.338 e. The van der Waals surface area contributed by atoms with Gasteiger partial charge in [0.05, 0.1) is 63.0 Å². The summed E-state index contributed by atoms with van der Waals surface area (Å²) >= 11 is 5.74. The minimum Gasteiger partial charge on any atom is -0.493 e. The molecule has 0 N–H and O–H groups in total. The molecule has 4 rings (SSSR count). The van der Waals surface area contributed by atoms with Crippen LogP contribution in [0, 0.1) is 7.14 Å². The van der Waals surface area contributed by atoms with Crippen molar-refractivity contribution in [2.24, 2.45) is 4.99 Å². The van der Waals surface area contributed by atoms with Crippen molar-refractivity contribution in [2.75, 3.05) is 27.9 Å². The molecule has 1 atom stereocenters. The van der Waals surface area contributed by atoms with Crippen molar-refractivity contribution in [3.05, 3.63) is 73.5 Å². The fourth-order valence-corrected chi connectivity index (χ4v) is 7.65. The highest BCUT2D eigenvalue weighted by atomic mass is 127. The van der Waals surface area contributed by atoms with Crippen LogP contribution < -0.4 is 33.8 Å². The van der Waals surface area contributed by atoms with Crippen molar-refractivity contribution in [1.29, 1.82) is 0 Å². The lowest BCUT2D eigenvalue weighted by Crippen LogP contribution is -2.40. The third-order valence-corrected chi connectivity index (χ3v) is 8.78. The summed E-state index contributed by atoms with van der Waals surface area (Å²) in [5.74, 6) is 1.46. The van der Waals surface area contributed by atoms with E-state index in [4.69, 9.17) is 23.7 Å². The van der Waals surface area contributed by atoms with E-state index in [0.29, 0.717) is 37.8 Å². The normalized spacial score (nSPS) is 15.0. The van der Waals surface area contributed by atoms with Crippen molar-refractivity contribution in [3.63, 3.8) is 0 Å². The molecule has 218 valence electrons. The van der Waals surface area contributed by atoms with Gasteiger partial charge < -0.3 is 23.7 Å². The monoisotopic (exact) mass is 804 g/mol. The quantitative estimate of drug-likeness (QED) is 0.226. The van der Waals surface area contributed by atoms with Gasteiger partial charge in [-0.05, 0) is 114 Å². The van der Waals surface area contributed by atoms with Crippen molar-refractivity contribution < 1.29 is 28.5 Å². The van der Waals surface area contributed by atoms with Crippen LogP contribution in [-0.2, 0) is 9.53 Å². The van der Waals surface area contributed by atoms with Gasteiger partial charge >= 0.3 is 5.97 Å². The fraction of sp³-hybridized carbons (Fsp3) is 0.345. The Bertz CT molecular complexity index is 1660. The first-order valence-electron chi connectivity index (χ1n) is 12.7. The number of benzene rings is 2. The molecule has 9 nitrogen and oxygen atoms in total. The van der Waals surface area contributed by atoms with E-state index in [0.717, 1.165) is 18.5 Å². The second-order valence-corrected chi connectivity index (χ2v) is 12.6. The number of rotatable bonds is 9. The van der Waals surface area contributed by atoms with Gasteiger partial charge in [0.1, 0.15) is 5.75 Å². The van der Waals surface area contributed by atoms with Crippen LogP contribution in [0.25, 0.3) is 6.08 Å². The molecule has 1 aromatic heterocycles. The highest BCUT2D eigenvalue weighted by Gasteiger charge is 2.34. The Morgan fingerprint density at radius 3 is 2.17 bits per heavy atom. The van der Waals surface area contributed by atoms with Gasteiger partial charge in [0, 0.05) is 0 Å². The first kappa shape index (κ1) is 31.3. The number of ether oxygens (including phenoxy) is 5. The number of hydrogen-bond donors (Lipinski definition) is 0. The summed E-state index contributed by atoms with van der Waals surface area (Å²) in [7, 11) is 4.54. The Kier molecular flexibility index (Phi) is 10.1. The fourth-order valence-electron chi connectivity index (χ4n) is 4.53. The molecule has 12 heteroatoms. The van der Waals surface area contributed by atoms with Crippen LogP contribution in [0.2, 0.25) is 0 Å². The van der Waals surface area contributed by atoms with Crippen LogP contribution in [0.15, 0.2) is 45.3 Å². The van der Waals surface area contributed by atoms with E-state index in [2.05, 4.69) is 50.2 Å². The number of hydrogen-bond acceptors (Lipinski definition) is 9. The van der Waals surface area contributed by atoms with Crippen LogP contribution in [0.1, 0.15) is 44.9 Å². The molecule has 0 aliphatic carbocycles. The lowest BCUT2D eigenvalue weighted by Gasteiger charge is -2.26. The Morgan fingerprint density at radius 2 is 1.66 bits per heavy atom. The summed E-state index contributed by atoms with van der Waals surface area (Å²) in [6.07, 6.45) is 1.88. The standard InChI is InChI=1S/C29H30I2N2O7S/c1-8-39-28(35)23-15(4)32-29-33(24(23)17-12-20(36-5)26(38-7)21(13-17)37-6)27(34)22(41-29)11-16-9-18(30)25(19(31)10-16)40-14(2)3/h9-14,24H,8H2,1-7H3/b22-11-/t24-/m0/s1. The molecule has 1 aliphatic heterocycles. The zero-order chi connectivity index (χ0) is 30.0. The second-order valence-electron chi connectivity index (χ2n) is 9.24. The van der Waals surface area contributed by atoms with E-state index in [1.807, 2.05) is 32.1 Å².